The van der Waals surface area contributed by atoms with Gasteiger partial charge in [0, 0.05) is 20.1 Å². The van der Waals surface area contributed by atoms with Gasteiger partial charge in [-0.3, -0.25) is 9.59 Å². The zero-order valence-corrected chi connectivity index (χ0v) is 11.3. The van der Waals surface area contributed by atoms with Crippen LogP contribution in [0.4, 0.5) is 5.82 Å². The molecule has 19 heavy (non-hydrogen) atoms. The van der Waals surface area contributed by atoms with Gasteiger partial charge in [0.15, 0.2) is 0 Å². The van der Waals surface area contributed by atoms with Crippen molar-refractivity contribution < 1.29 is 9.59 Å². The van der Waals surface area contributed by atoms with E-state index in [-0.39, 0.29) is 23.3 Å². The summed E-state index contributed by atoms with van der Waals surface area (Å²) in [5.41, 5.74) is 4.75. The van der Waals surface area contributed by atoms with E-state index in [0.29, 0.717) is 13.1 Å². The predicted molar refractivity (Wildman–Crippen MR) is 69.2 cm³/mol. The molecule has 1 saturated heterocycles. The lowest BCUT2D eigenvalue weighted by Crippen LogP contribution is -2.63. The quantitative estimate of drug-likeness (QED) is 0.754. The number of aromatic nitrogens is 2. The third kappa shape index (κ3) is 2.23. The van der Waals surface area contributed by atoms with E-state index in [0.717, 1.165) is 0 Å². The van der Waals surface area contributed by atoms with Gasteiger partial charge >= 0.3 is 0 Å². The summed E-state index contributed by atoms with van der Waals surface area (Å²) in [6, 6.07) is 0. The highest BCUT2D eigenvalue weighted by Crippen LogP contribution is 2.23. The summed E-state index contributed by atoms with van der Waals surface area (Å²) in [6.45, 7) is 4.44. The van der Waals surface area contributed by atoms with Gasteiger partial charge in [-0.25, -0.2) is 9.97 Å². The summed E-state index contributed by atoms with van der Waals surface area (Å²) in [4.78, 5) is 35.5. The number of amides is 2. The Kier molecular flexibility index (Phi) is 3.13. The first kappa shape index (κ1) is 13.3. The first-order chi connectivity index (χ1) is 8.84. The fraction of sp³-hybridized carbons (Fsp3) is 0.500. The minimum atomic E-state index is -0.882. The van der Waals surface area contributed by atoms with Gasteiger partial charge in [-0.1, -0.05) is 0 Å². The number of hydrogen-bond acceptors (Lipinski definition) is 5. The van der Waals surface area contributed by atoms with Crippen LogP contribution >= 0.6 is 0 Å². The van der Waals surface area contributed by atoms with Crippen LogP contribution in [-0.4, -0.2) is 57.3 Å². The van der Waals surface area contributed by atoms with Crippen molar-refractivity contribution in [3.63, 3.8) is 0 Å². The van der Waals surface area contributed by atoms with Crippen LogP contribution in [0, 0.1) is 0 Å². The Morgan fingerprint density at radius 2 is 2.00 bits per heavy atom. The number of anilines is 1. The lowest BCUT2D eigenvalue weighted by Gasteiger charge is -2.44. The number of hydrogen-bond donors (Lipinski definition) is 1. The highest BCUT2D eigenvalue weighted by molar-refractivity contribution is 5.98. The van der Waals surface area contributed by atoms with E-state index in [2.05, 4.69) is 9.97 Å². The van der Waals surface area contributed by atoms with Crippen molar-refractivity contribution in [3.8, 4) is 0 Å². The van der Waals surface area contributed by atoms with Crippen molar-refractivity contribution in [2.75, 3.05) is 25.9 Å². The molecule has 1 aromatic heterocycles. The number of likely N-dealkylation sites (N-methyl/N-ethyl adjacent to an activating group) is 1. The maximum absolute atomic E-state index is 12.4. The Labute approximate surface area is 111 Å². The van der Waals surface area contributed by atoms with E-state index in [1.807, 2.05) is 0 Å². The molecule has 7 heteroatoms. The van der Waals surface area contributed by atoms with Gasteiger partial charge < -0.3 is 15.5 Å². The van der Waals surface area contributed by atoms with Gasteiger partial charge in [-0.15, -0.1) is 0 Å². The maximum Gasteiger partial charge on any atom is 0.274 e. The van der Waals surface area contributed by atoms with Gasteiger partial charge in [0.2, 0.25) is 5.91 Å². The third-order valence-corrected chi connectivity index (χ3v) is 3.34. The molecule has 2 amide bonds. The third-order valence-electron chi connectivity index (χ3n) is 3.34. The van der Waals surface area contributed by atoms with E-state index in [9.17, 15) is 9.59 Å². The van der Waals surface area contributed by atoms with E-state index in [1.165, 1.54) is 17.3 Å². The maximum atomic E-state index is 12.4. The van der Waals surface area contributed by atoms with Crippen molar-refractivity contribution >= 4 is 17.6 Å². The Balaban J connectivity index is 2.28. The molecule has 2 rings (SSSR count). The lowest BCUT2D eigenvalue weighted by atomic mass is 9.97. The molecular weight excluding hydrogens is 246 g/mol. The Morgan fingerprint density at radius 1 is 1.32 bits per heavy atom. The molecule has 102 valence electrons. The van der Waals surface area contributed by atoms with Crippen LogP contribution in [0.5, 0.6) is 0 Å². The fourth-order valence-corrected chi connectivity index (χ4v) is 2.16. The molecule has 7 nitrogen and oxygen atoms in total. The molecule has 0 aliphatic carbocycles. The summed E-state index contributed by atoms with van der Waals surface area (Å²) < 4.78 is 0. The number of nitrogens with two attached hydrogens (primary N) is 1. The van der Waals surface area contributed by atoms with Crippen LogP contribution in [0.25, 0.3) is 0 Å². The molecule has 0 saturated carbocycles. The van der Waals surface area contributed by atoms with Crippen molar-refractivity contribution in [3.05, 3.63) is 18.1 Å². The Bertz CT molecular complexity index is 511. The topological polar surface area (TPSA) is 92.4 Å². The summed E-state index contributed by atoms with van der Waals surface area (Å²) in [5, 5.41) is 0. The average Bonchev–Trinajstić information content (AvgIpc) is 2.36. The second-order valence-electron chi connectivity index (χ2n) is 5.07. The largest absolute Gasteiger partial charge is 0.382 e. The van der Waals surface area contributed by atoms with Gasteiger partial charge in [0.05, 0.1) is 12.4 Å². The van der Waals surface area contributed by atoms with Gasteiger partial charge in [-0.05, 0) is 13.8 Å². The van der Waals surface area contributed by atoms with Crippen molar-refractivity contribution in [1.29, 1.82) is 0 Å². The molecule has 2 N–H and O–H groups in total. The van der Waals surface area contributed by atoms with Crippen LogP contribution in [0.2, 0.25) is 0 Å². The minimum Gasteiger partial charge on any atom is -0.382 e. The molecule has 1 aliphatic heterocycles. The molecule has 0 unspecified atom stereocenters. The summed E-state index contributed by atoms with van der Waals surface area (Å²) >= 11 is 0. The number of carbonyl (C=O) groups is 2. The van der Waals surface area contributed by atoms with Gasteiger partial charge in [0.25, 0.3) is 5.91 Å². The zero-order chi connectivity index (χ0) is 14.2. The second kappa shape index (κ2) is 4.49. The van der Waals surface area contributed by atoms with Crippen LogP contribution in [0.3, 0.4) is 0 Å². The fourth-order valence-electron chi connectivity index (χ4n) is 2.16. The number of carbonyl (C=O) groups excluding carboxylic acids is 2. The van der Waals surface area contributed by atoms with Crippen molar-refractivity contribution in [2.24, 2.45) is 0 Å². The number of nitrogen functional groups attached to an aromatic ring is 1. The smallest absolute Gasteiger partial charge is 0.274 e. The van der Waals surface area contributed by atoms with E-state index < -0.39 is 5.54 Å². The number of piperazine rings is 1. The van der Waals surface area contributed by atoms with Crippen LogP contribution in [-0.2, 0) is 4.79 Å². The zero-order valence-electron chi connectivity index (χ0n) is 11.3. The molecule has 0 bridgehead atoms. The molecular formula is C12H17N5O2. The Morgan fingerprint density at radius 3 is 2.58 bits per heavy atom. The molecule has 1 aliphatic rings. The molecule has 2 heterocycles. The number of nitrogens with zero attached hydrogens (tertiary/aromatic N) is 4. The standard InChI is InChI=1S/C12H17N5O2/c1-12(2)11(19)16(3)4-5-17(12)10(18)8-6-15-9(13)7-14-8/h6-7H,4-5H2,1-3H3,(H2,13,15). The summed E-state index contributed by atoms with van der Waals surface area (Å²) in [5.74, 6) is -0.139. The first-order valence-corrected chi connectivity index (χ1v) is 5.99. The van der Waals surface area contributed by atoms with E-state index >= 15 is 0 Å². The summed E-state index contributed by atoms with van der Waals surface area (Å²) in [6.07, 6.45) is 2.66. The normalized spacial score (nSPS) is 18.6. The predicted octanol–water partition coefficient (Wildman–Crippen LogP) is -0.248. The minimum absolute atomic E-state index is 0.0875. The molecule has 0 aromatic carbocycles. The van der Waals surface area contributed by atoms with Gasteiger partial charge in [0.1, 0.15) is 17.1 Å². The average molecular weight is 263 g/mol. The van der Waals surface area contributed by atoms with Crippen molar-refractivity contribution in [1.82, 2.24) is 19.8 Å². The van der Waals surface area contributed by atoms with Crippen molar-refractivity contribution in [2.45, 2.75) is 19.4 Å². The van der Waals surface area contributed by atoms with Crippen LogP contribution in [0.15, 0.2) is 12.4 Å². The summed E-state index contributed by atoms with van der Waals surface area (Å²) in [7, 11) is 1.73. The number of rotatable bonds is 1. The lowest BCUT2D eigenvalue weighted by molar-refractivity contribution is -0.144. The molecule has 1 aromatic rings. The molecule has 1 fully saturated rings. The SMILES string of the molecule is CN1CCN(C(=O)c2cnc(N)cn2)C(C)(C)C1=O. The Hall–Kier alpha value is -2.18. The highest BCUT2D eigenvalue weighted by Gasteiger charge is 2.43. The molecule has 0 atom stereocenters. The first-order valence-electron chi connectivity index (χ1n) is 5.99. The van der Waals surface area contributed by atoms with Crippen LogP contribution < -0.4 is 5.73 Å². The molecule has 0 spiro atoms. The van der Waals surface area contributed by atoms with E-state index in [1.54, 1.807) is 25.8 Å². The molecule has 0 radical (unpaired) electrons. The van der Waals surface area contributed by atoms with Gasteiger partial charge in [-0.2, -0.15) is 0 Å². The van der Waals surface area contributed by atoms with Crippen LogP contribution in [0.1, 0.15) is 24.3 Å². The van der Waals surface area contributed by atoms with E-state index in [4.69, 9.17) is 5.73 Å². The monoisotopic (exact) mass is 263 g/mol. The second-order valence-corrected chi connectivity index (χ2v) is 5.07. The highest BCUT2D eigenvalue weighted by atomic mass is 16.2.